The van der Waals surface area contributed by atoms with Crippen LogP contribution >= 0.6 is 11.8 Å². The first-order chi connectivity index (χ1) is 11.2. The Kier molecular flexibility index (Phi) is 4.52. The number of rotatable bonds is 4. The third kappa shape index (κ3) is 3.48. The van der Waals surface area contributed by atoms with Gasteiger partial charge in [-0.25, -0.2) is 4.79 Å². The van der Waals surface area contributed by atoms with E-state index >= 15 is 0 Å². The molecule has 0 aliphatic carbocycles. The van der Waals surface area contributed by atoms with Gasteiger partial charge in [-0.2, -0.15) is 5.10 Å². The number of anilines is 3. The molecule has 0 saturated carbocycles. The molecule has 0 unspecified atom stereocenters. The average Bonchev–Trinajstić information content (AvgIpc) is 2.57. The largest absolute Gasteiger partial charge is 0.461 e. The number of ether oxygens (including phenoxy) is 1. The van der Waals surface area contributed by atoms with Gasteiger partial charge in [0.05, 0.1) is 23.7 Å². The molecular formula is C17H17N3O2S. The molecule has 0 radical (unpaired) electrons. The number of benzene rings is 2. The lowest BCUT2D eigenvalue weighted by atomic mass is 10.2. The summed E-state index contributed by atoms with van der Waals surface area (Å²) in [6.07, 6.45) is 0. The van der Waals surface area contributed by atoms with Crippen molar-refractivity contribution in [1.29, 1.82) is 0 Å². The quantitative estimate of drug-likeness (QED) is 0.426. The minimum atomic E-state index is -0.414. The second-order valence-electron chi connectivity index (χ2n) is 4.96. The van der Waals surface area contributed by atoms with E-state index in [1.807, 2.05) is 30.3 Å². The molecular weight excluding hydrogens is 310 g/mol. The van der Waals surface area contributed by atoms with Gasteiger partial charge in [0.2, 0.25) is 0 Å². The number of nitrogens with one attached hydrogen (secondary N) is 2. The highest BCUT2D eigenvalue weighted by molar-refractivity contribution is 7.99. The summed E-state index contributed by atoms with van der Waals surface area (Å²) in [5.74, 6) is -0.414. The van der Waals surface area contributed by atoms with Crippen LogP contribution in [0.1, 0.15) is 13.8 Å². The number of carbonyl (C=O) groups excluding carboxylic acids is 1. The van der Waals surface area contributed by atoms with Gasteiger partial charge in [0, 0.05) is 9.79 Å². The molecule has 0 bridgehead atoms. The molecule has 1 aliphatic rings. The number of hydrogen-bond acceptors (Lipinski definition) is 6. The Hall–Kier alpha value is -2.47. The minimum absolute atomic E-state index is 0.292. The van der Waals surface area contributed by atoms with Crippen LogP contribution in [0.4, 0.5) is 17.1 Å². The van der Waals surface area contributed by atoms with Crippen molar-refractivity contribution in [3.05, 3.63) is 42.5 Å². The van der Waals surface area contributed by atoms with E-state index in [4.69, 9.17) is 4.74 Å². The van der Waals surface area contributed by atoms with Crippen molar-refractivity contribution in [3.63, 3.8) is 0 Å². The molecule has 23 heavy (non-hydrogen) atoms. The molecule has 2 aromatic carbocycles. The highest BCUT2D eigenvalue weighted by Crippen LogP contribution is 2.44. The third-order valence-electron chi connectivity index (χ3n) is 3.28. The van der Waals surface area contributed by atoms with Crippen molar-refractivity contribution < 1.29 is 9.53 Å². The minimum Gasteiger partial charge on any atom is -0.461 e. The van der Waals surface area contributed by atoms with E-state index in [2.05, 4.69) is 28.0 Å². The second kappa shape index (κ2) is 6.75. The standard InChI is InChI=1S/C17H17N3O2S/c1-3-22-17(21)11(2)19-20-12-8-9-14-16(10-12)23-15-7-5-4-6-13(15)18-14/h4-10,18,20H,3H2,1-2H3. The molecule has 0 spiro atoms. The number of fused-ring (bicyclic) bond motifs is 2. The van der Waals surface area contributed by atoms with Crippen LogP contribution in [0, 0.1) is 0 Å². The maximum absolute atomic E-state index is 11.5. The summed E-state index contributed by atoms with van der Waals surface area (Å²) >= 11 is 1.70. The molecule has 1 heterocycles. The number of esters is 1. The van der Waals surface area contributed by atoms with E-state index in [-0.39, 0.29) is 0 Å². The maximum atomic E-state index is 11.5. The molecule has 0 atom stereocenters. The van der Waals surface area contributed by atoms with Crippen molar-refractivity contribution in [1.82, 2.24) is 0 Å². The topological polar surface area (TPSA) is 62.7 Å². The van der Waals surface area contributed by atoms with Gasteiger partial charge in [-0.05, 0) is 44.2 Å². The Balaban J connectivity index is 1.75. The zero-order valence-electron chi connectivity index (χ0n) is 12.9. The number of carbonyl (C=O) groups is 1. The van der Waals surface area contributed by atoms with Crippen molar-refractivity contribution in [2.24, 2.45) is 5.10 Å². The van der Waals surface area contributed by atoms with Crippen LogP contribution in [0.2, 0.25) is 0 Å². The summed E-state index contributed by atoms with van der Waals surface area (Å²) in [6.45, 7) is 3.73. The Bertz CT molecular complexity index is 774. The van der Waals surface area contributed by atoms with Crippen LogP contribution in [-0.4, -0.2) is 18.3 Å². The van der Waals surface area contributed by atoms with Crippen molar-refractivity contribution in [2.75, 3.05) is 17.3 Å². The molecule has 5 nitrogen and oxygen atoms in total. The van der Waals surface area contributed by atoms with Crippen molar-refractivity contribution in [3.8, 4) is 0 Å². The molecule has 6 heteroatoms. The maximum Gasteiger partial charge on any atom is 0.354 e. The number of para-hydroxylation sites is 1. The fraction of sp³-hybridized carbons (Fsp3) is 0.176. The van der Waals surface area contributed by atoms with Gasteiger partial charge in [0.1, 0.15) is 5.71 Å². The summed E-state index contributed by atoms with van der Waals surface area (Å²) in [5, 5.41) is 7.48. The SMILES string of the molecule is CCOC(=O)C(C)=NNc1ccc2c(c1)Sc1ccccc1N2. The molecule has 3 rings (SSSR count). The molecule has 0 fully saturated rings. The van der Waals surface area contributed by atoms with Gasteiger partial charge in [-0.1, -0.05) is 23.9 Å². The van der Waals surface area contributed by atoms with Gasteiger partial charge in [-0.3, -0.25) is 5.43 Å². The Morgan fingerprint density at radius 1 is 1.22 bits per heavy atom. The van der Waals surface area contributed by atoms with Crippen LogP contribution in [0.15, 0.2) is 57.4 Å². The highest BCUT2D eigenvalue weighted by atomic mass is 32.2. The summed E-state index contributed by atoms with van der Waals surface area (Å²) in [6, 6.07) is 14.1. The fourth-order valence-corrected chi connectivity index (χ4v) is 3.16. The Morgan fingerprint density at radius 2 is 2.00 bits per heavy atom. The van der Waals surface area contributed by atoms with Crippen LogP contribution in [0.25, 0.3) is 0 Å². The van der Waals surface area contributed by atoms with E-state index < -0.39 is 5.97 Å². The van der Waals surface area contributed by atoms with Gasteiger partial charge >= 0.3 is 5.97 Å². The van der Waals surface area contributed by atoms with E-state index in [9.17, 15) is 4.79 Å². The van der Waals surface area contributed by atoms with E-state index in [1.165, 1.54) is 4.90 Å². The number of hydrogen-bond donors (Lipinski definition) is 2. The first kappa shape index (κ1) is 15.4. The molecule has 0 aromatic heterocycles. The Morgan fingerprint density at radius 3 is 2.83 bits per heavy atom. The van der Waals surface area contributed by atoms with E-state index in [0.29, 0.717) is 12.3 Å². The van der Waals surface area contributed by atoms with Gasteiger partial charge < -0.3 is 10.1 Å². The Labute approximate surface area is 139 Å². The van der Waals surface area contributed by atoms with Crippen molar-refractivity contribution in [2.45, 2.75) is 23.6 Å². The fourth-order valence-electron chi connectivity index (χ4n) is 2.13. The predicted octanol–water partition coefficient (Wildman–Crippen LogP) is 4.25. The zero-order chi connectivity index (χ0) is 16.2. The normalized spacial score (nSPS) is 12.7. The lowest BCUT2D eigenvalue weighted by Gasteiger charge is -2.21. The zero-order valence-corrected chi connectivity index (χ0v) is 13.7. The first-order valence-corrected chi connectivity index (χ1v) is 8.14. The van der Waals surface area contributed by atoms with Crippen LogP contribution < -0.4 is 10.7 Å². The highest BCUT2D eigenvalue weighted by Gasteiger charge is 2.15. The molecule has 1 aliphatic heterocycles. The average molecular weight is 327 g/mol. The first-order valence-electron chi connectivity index (χ1n) is 7.32. The van der Waals surface area contributed by atoms with Crippen LogP contribution in [0.5, 0.6) is 0 Å². The van der Waals surface area contributed by atoms with Gasteiger partial charge in [0.25, 0.3) is 0 Å². The summed E-state index contributed by atoms with van der Waals surface area (Å²) in [4.78, 5) is 13.8. The monoisotopic (exact) mass is 327 g/mol. The van der Waals surface area contributed by atoms with Gasteiger partial charge in [0.15, 0.2) is 0 Å². The smallest absolute Gasteiger partial charge is 0.354 e. The predicted molar refractivity (Wildman–Crippen MR) is 93.7 cm³/mol. The van der Waals surface area contributed by atoms with Crippen molar-refractivity contribution >= 4 is 40.5 Å². The van der Waals surface area contributed by atoms with Gasteiger partial charge in [-0.15, -0.1) is 0 Å². The van der Waals surface area contributed by atoms with E-state index in [0.717, 1.165) is 22.0 Å². The van der Waals surface area contributed by atoms with Crippen LogP contribution in [-0.2, 0) is 9.53 Å². The molecule has 0 amide bonds. The number of nitrogens with zero attached hydrogens (tertiary/aromatic N) is 1. The summed E-state index contributed by atoms with van der Waals surface area (Å²) < 4.78 is 4.90. The van der Waals surface area contributed by atoms with Crippen LogP contribution in [0.3, 0.4) is 0 Å². The molecule has 118 valence electrons. The lowest BCUT2D eigenvalue weighted by Crippen LogP contribution is -2.15. The lowest BCUT2D eigenvalue weighted by molar-refractivity contribution is -0.135. The molecule has 2 N–H and O–H groups in total. The number of hydrazone groups is 1. The van der Waals surface area contributed by atoms with E-state index in [1.54, 1.807) is 25.6 Å². The molecule has 0 saturated heterocycles. The second-order valence-corrected chi connectivity index (χ2v) is 6.05. The third-order valence-corrected chi connectivity index (χ3v) is 4.42. The molecule has 2 aromatic rings. The summed E-state index contributed by atoms with van der Waals surface area (Å²) in [7, 11) is 0. The summed E-state index contributed by atoms with van der Waals surface area (Å²) in [5.41, 5.74) is 6.19.